The van der Waals surface area contributed by atoms with Crippen LogP contribution in [0.2, 0.25) is 0 Å². The molecule has 6 aliphatic carbocycles. The molecule has 4 heteroatoms. The number of hydrogen-bond acceptors (Lipinski definition) is 2. The van der Waals surface area contributed by atoms with Crippen LogP contribution in [-0.2, 0) is 12.8 Å². The minimum atomic E-state index is 0.127. The fraction of sp³-hybridized carbons (Fsp3) is 0.852. The SMILES string of the molecule is O=C(NCC12CC3CC(CC(C3)C1)C2)c1nn(C2CCCCC2)c2c1CCCCCC2. The summed E-state index contributed by atoms with van der Waals surface area (Å²) in [5.74, 6) is 2.94. The Morgan fingerprint density at radius 1 is 0.871 bits per heavy atom. The van der Waals surface area contributed by atoms with E-state index in [2.05, 4.69) is 10.00 Å². The van der Waals surface area contributed by atoms with Gasteiger partial charge in [-0.2, -0.15) is 5.10 Å². The maximum Gasteiger partial charge on any atom is 0.272 e. The third-order valence-electron chi connectivity index (χ3n) is 9.63. The van der Waals surface area contributed by atoms with Crippen molar-refractivity contribution in [3.05, 3.63) is 17.0 Å². The quantitative estimate of drug-likeness (QED) is 0.646. The largest absolute Gasteiger partial charge is 0.350 e. The van der Waals surface area contributed by atoms with Gasteiger partial charge in [0.1, 0.15) is 0 Å². The molecule has 6 aliphatic rings. The van der Waals surface area contributed by atoms with Gasteiger partial charge in [0, 0.05) is 17.8 Å². The Bertz CT molecular complexity index is 783. The Hall–Kier alpha value is -1.32. The topological polar surface area (TPSA) is 46.9 Å². The zero-order valence-corrected chi connectivity index (χ0v) is 19.3. The molecule has 4 nitrogen and oxygen atoms in total. The molecule has 1 amide bonds. The summed E-state index contributed by atoms with van der Waals surface area (Å²) in [6.45, 7) is 0.889. The second kappa shape index (κ2) is 8.23. The number of fused-ring (bicyclic) bond motifs is 1. The van der Waals surface area contributed by atoms with Gasteiger partial charge in [0.2, 0.25) is 0 Å². The molecular weight excluding hydrogens is 382 g/mol. The molecule has 1 heterocycles. The summed E-state index contributed by atoms with van der Waals surface area (Å²) in [6.07, 6.45) is 22.1. The summed E-state index contributed by atoms with van der Waals surface area (Å²) in [4.78, 5) is 13.5. The van der Waals surface area contributed by atoms with Gasteiger partial charge < -0.3 is 5.32 Å². The van der Waals surface area contributed by atoms with Crippen molar-refractivity contribution in [3.63, 3.8) is 0 Å². The van der Waals surface area contributed by atoms with Crippen molar-refractivity contribution in [3.8, 4) is 0 Å². The molecule has 7 rings (SSSR count). The number of nitrogens with one attached hydrogen (secondary N) is 1. The van der Waals surface area contributed by atoms with Gasteiger partial charge in [-0.25, -0.2) is 0 Å². The Balaban J connectivity index is 1.23. The summed E-state index contributed by atoms with van der Waals surface area (Å²) in [5.41, 5.74) is 3.89. The van der Waals surface area contributed by atoms with Crippen molar-refractivity contribution in [1.29, 1.82) is 0 Å². The Kier molecular flexibility index (Phi) is 5.39. The van der Waals surface area contributed by atoms with Crippen LogP contribution in [0.25, 0.3) is 0 Å². The van der Waals surface area contributed by atoms with Crippen LogP contribution in [0.1, 0.15) is 124 Å². The predicted octanol–water partition coefficient (Wildman–Crippen LogP) is 5.99. The first kappa shape index (κ1) is 20.3. The van der Waals surface area contributed by atoms with E-state index in [1.807, 2.05) is 0 Å². The van der Waals surface area contributed by atoms with Crippen molar-refractivity contribution in [1.82, 2.24) is 15.1 Å². The molecule has 0 atom stereocenters. The van der Waals surface area contributed by atoms with Crippen molar-refractivity contribution in [2.45, 2.75) is 115 Å². The number of nitrogens with zero attached hydrogens (tertiary/aromatic N) is 2. The molecule has 0 spiro atoms. The van der Waals surface area contributed by atoms with E-state index in [-0.39, 0.29) is 5.91 Å². The molecule has 0 radical (unpaired) electrons. The monoisotopic (exact) mass is 423 g/mol. The molecule has 5 saturated carbocycles. The number of aromatic nitrogens is 2. The highest BCUT2D eigenvalue weighted by Gasteiger charge is 2.50. The number of carbonyl (C=O) groups excluding carboxylic acids is 1. The second-order valence-electron chi connectivity index (χ2n) is 12.0. The Morgan fingerprint density at radius 3 is 2.16 bits per heavy atom. The number of carbonyl (C=O) groups is 1. The Labute approximate surface area is 187 Å². The average Bonchev–Trinajstić information content (AvgIpc) is 3.09. The molecule has 0 unspecified atom stereocenters. The van der Waals surface area contributed by atoms with Gasteiger partial charge in [-0.1, -0.05) is 32.1 Å². The maximum atomic E-state index is 13.5. The molecule has 1 aromatic heterocycles. The molecular formula is C27H41N3O. The van der Waals surface area contributed by atoms with Crippen molar-refractivity contribution in [2.75, 3.05) is 6.54 Å². The second-order valence-corrected chi connectivity index (χ2v) is 12.0. The van der Waals surface area contributed by atoms with Gasteiger partial charge >= 0.3 is 0 Å². The third kappa shape index (κ3) is 3.86. The molecule has 0 aromatic carbocycles. The van der Waals surface area contributed by atoms with Crippen LogP contribution in [0.15, 0.2) is 0 Å². The maximum absolute atomic E-state index is 13.5. The van der Waals surface area contributed by atoms with Crippen molar-refractivity contribution < 1.29 is 4.79 Å². The smallest absolute Gasteiger partial charge is 0.272 e. The normalized spacial score (nSPS) is 35.4. The van der Waals surface area contributed by atoms with E-state index in [0.717, 1.165) is 42.8 Å². The lowest BCUT2D eigenvalue weighted by atomic mass is 9.49. The first-order chi connectivity index (χ1) is 15.2. The summed E-state index contributed by atoms with van der Waals surface area (Å²) >= 11 is 0. The molecule has 1 aromatic rings. The predicted molar refractivity (Wildman–Crippen MR) is 123 cm³/mol. The molecule has 0 aliphatic heterocycles. The summed E-state index contributed by atoms with van der Waals surface area (Å²) in [6, 6.07) is 0.520. The first-order valence-corrected chi connectivity index (χ1v) is 13.6. The van der Waals surface area contributed by atoms with Gasteiger partial charge in [-0.3, -0.25) is 9.48 Å². The Morgan fingerprint density at radius 2 is 1.48 bits per heavy atom. The van der Waals surface area contributed by atoms with Gasteiger partial charge in [-0.05, 0) is 100 Å². The molecule has 1 N–H and O–H groups in total. The molecule has 31 heavy (non-hydrogen) atoms. The number of hydrogen-bond donors (Lipinski definition) is 1. The molecule has 0 saturated heterocycles. The van der Waals surface area contributed by atoms with Crippen LogP contribution in [0.4, 0.5) is 0 Å². The number of amides is 1. The highest BCUT2D eigenvalue weighted by atomic mass is 16.2. The van der Waals surface area contributed by atoms with Crippen molar-refractivity contribution >= 4 is 5.91 Å². The zero-order chi connectivity index (χ0) is 20.8. The third-order valence-corrected chi connectivity index (χ3v) is 9.63. The van der Waals surface area contributed by atoms with E-state index >= 15 is 0 Å². The minimum Gasteiger partial charge on any atom is -0.350 e. The van der Waals surface area contributed by atoms with E-state index in [9.17, 15) is 4.79 Å². The molecule has 5 fully saturated rings. The zero-order valence-electron chi connectivity index (χ0n) is 19.3. The van der Waals surface area contributed by atoms with Crippen molar-refractivity contribution in [2.24, 2.45) is 23.2 Å². The summed E-state index contributed by atoms with van der Waals surface area (Å²) < 4.78 is 2.33. The first-order valence-electron chi connectivity index (χ1n) is 13.6. The van der Waals surface area contributed by atoms with Crippen LogP contribution in [-0.4, -0.2) is 22.2 Å². The molecule has 4 bridgehead atoms. The van der Waals surface area contributed by atoms with Gasteiger partial charge in [0.05, 0.1) is 6.04 Å². The lowest BCUT2D eigenvalue weighted by Gasteiger charge is -2.56. The lowest BCUT2D eigenvalue weighted by molar-refractivity contribution is -0.0503. The van der Waals surface area contributed by atoms with E-state index in [1.54, 1.807) is 0 Å². The van der Waals surface area contributed by atoms with E-state index < -0.39 is 0 Å². The highest BCUT2D eigenvalue weighted by Crippen LogP contribution is 2.59. The average molecular weight is 424 g/mol. The minimum absolute atomic E-state index is 0.127. The fourth-order valence-electron chi connectivity index (χ4n) is 8.65. The van der Waals surface area contributed by atoms with Gasteiger partial charge in [-0.15, -0.1) is 0 Å². The fourth-order valence-corrected chi connectivity index (χ4v) is 8.65. The lowest BCUT2D eigenvalue weighted by Crippen LogP contribution is -2.51. The standard InChI is InChI=1S/C27H41N3O/c31-26(28-18-27-15-19-12-20(16-27)14-21(13-19)17-27)25-23-10-6-1-2-7-11-24(23)30(29-25)22-8-4-3-5-9-22/h19-22H,1-18H2,(H,28,31). The van der Waals surface area contributed by atoms with Crippen LogP contribution in [0.3, 0.4) is 0 Å². The van der Waals surface area contributed by atoms with E-state index in [1.165, 1.54) is 108 Å². The van der Waals surface area contributed by atoms with Gasteiger partial charge in [0.25, 0.3) is 5.91 Å². The van der Waals surface area contributed by atoms with Crippen LogP contribution in [0, 0.1) is 23.2 Å². The van der Waals surface area contributed by atoms with Crippen LogP contribution >= 0.6 is 0 Å². The summed E-state index contributed by atoms with van der Waals surface area (Å²) in [5, 5.41) is 8.51. The van der Waals surface area contributed by atoms with E-state index in [4.69, 9.17) is 5.10 Å². The highest BCUT2D eigenvalue weighted by molar-refractivity contribution is 5.94. The van der Waals surface area contributed by atoms with Crippen LogP contribution in [0.5, 0.6) is 0 Å². The summed E-state index contributed by atoms with van der Waals surface area (Å²) in [7, 11) is 0. The number of rotatable bonds is 4. The van der Waals surface area contributed by atoms with E-state index in [0.29, 0.717) is 11.5 Å². The molecule has 170 valence electrons. The van der Waals surface area contributed by atoms with Crippen LogP contribution < -0.4 is 5.32 Å². The van der Waals surface area contributed by atoms with Gasteiger partial charge in [0.15, 0.2) is 5.69 Å².